The van der Waals surface area contributed by atoms with E-state index in [0.717, 1.165) is 38.4 Å². The molecule has 0 bridgehead atoms. The van der Waals surface area contributed by atoms with Crippen LogP contribution >= 0.6 is 0 Å². The normalized spacial score (nSPS) is 17.4. The molecule has 1 saturated heterocycles. The van der Waals surface area contributed by atoms with E-state index in [9.17, 15) is 9.18 Å². The summed E-state index contributed by atoms with van der Waals surface area (Å²) in [5.74, 6) is 1.57. The molecule has 1 aromatic heterocycles. The fourth-order valence-corrected chi connectivity index (χ4v) is 5.41. The van der Waals surface area contributed by atoms with E-state index >= 15 is 0 Å². The molecule has 196 valence electrons. The van der Waals surface area contributed by atoms with Gasteiger partial charge in [-0.05, 0) is 77.1 Å². The molecule has 2 aromatic rings. The topological polar surface area (TPSA) is 70.6 Å². The van der Waals surface area contributed by atoms with Crippen LogP contribution in [0.4, 0.5) is 10.2 Å². The number of ether oxygens (including phenoxy) is 1. The first-order valence-corrected chi connectivity index (χ1v) is 13.5. The van der Waals surface area contributed by atoms with Crippen LogP contribution in [0, 0.1) is 11.7 Å². The Balaban J connectivity index is 1.44. The van der Waals surface area contributed by atoms with Gasteiger partial charge in [-0.3, -0.25) is 4.79 Å². The standard InChI is InChI=1S/C28H40FN5O2/c1-4-34(20(2)3)28(35)24-16-22(29)10-11-25(24)36-26-18-30-19-32-27(26)33-14-12-23(13-15-33)31-17-21-8-6-5-7-9-21/h10-11,16,18-21,23,31H,4-9,12-15,17H2,1-3H3. The number of carbonyl (C=O) groups excluding carboxylic acids is 1. The average Bonchev–Trinajstić information content (AvgIpc) is 2.90. The Hall–Kier alpha value is -2.74. The van der Waals surface area contributed by atoms with Crippen molar-refractivity contribution in [2.45, 2.75) is 77.8 Å². The van der Waals surface area contributed by atoms with Gasteiger partial charge in [0.15, 0.2) is 11.6 Å². The molecule has 0 radical (unpaired) electrons. The van der Waals surface area contributed by atoms with Crippen LogP contribution in [0.2, 0.25) is 0 Å². The minimum atomic E-state index is -0.474. The molecule has 7 nitrogen and oxygen atoms in total. The number of amides is 1. The maximum absolute atomic E-state index is 14.1. The van der Waals surface area contributed by atoms with Gasteiger partial charge < -0.3 is 19.9 Å². The number of nitrogens with one attached hydrogen (secondary N) is 1. The van der Waals surface area contributed by atoms with Crippen LogP contribution in [0.1, 0.15) is 76.1 Å². The Morgan fingerprint density at radius 1 is 1.17 bits per heavy atom. The molecule has 1 aliphatic carbocycles. The summed E-state index contributed by atoms with van der Waals surface area (Å²) in [6.07, 6.45) is 12.1. The van der Waals surface area contributed by atoms with E-state index in [-0.39, 0.29) is 17.5 Å². The molecule has 1 N–H and O–H groups in total. The Morgan fingerprint density at radius 3 is 2.61 bits per heavy atom. The summed E-state index contributed by atoms with van der Waals surface area (Å²) in [5.41, 5.74) is 0.200. The molecule has 2 fully saturated rings. The quantitative estimate of drug-likeness (QED) is 0.499. The molecule has 36 heavy (non-hydrogen) atoms. The van der Waals surface area contributed by atoms with Crippen molar-refractivity contribution in [1.82, 2.24) is 20.2 Å². The van der Waals surface area contributed by atoms with Crippen LogP contribution in [-0.4, -0.2) is 59.0 Å². The van der Waals surface area contributed by atoms with Crippen LogP contribution in [-0.2, 0) is 0 Å². The maximum Gasteiger partial charge on any atom is 0.257 e. The van der Waals surface area contributed by atoms with E-state index in [1.165, 1.54) is 56.6 Å². The summed E-state index contributed by atoms with van der Waals surface area (Å²) in [6.45, 7) is 9.17. The fourth-order valence-electron chi connectivity index (χ4n) is 5.41. The third-order valence-electron chi connectivity index (χ3n) is 7.49. The first-order chi connectivity index (χ1) is 17.5. The second kappa shape index (κ2) is 12.5. The van der Waals surface area contributed by atoms with Crippen molar-refractivity contribution in [1.29, 1.82) is 0 Å². The molecular weight excluding hydrogens is 457 g/mol. The lowest BCUT2D eigenvalue weighted by atomic mass is 9.89. The molecular formula is C28H40FN5O2. The molecule has 8 heteroatoms. The van der Waals surface area contributed by atoms with Gasteiger partial charge in [0.25, 0.3) is 5.91 Å². The fraction of sp³-hybridized carbons (Fsp3) is 0.607. The molecule has 1 saturated carbocycles. The van der Waals surface area contributed by atoms with E-state index in [1.54, 1.807) is 11.1 Å². The molecule has 2 heterocycles. The highest BCUT2D eigenvalue weighted by Gasteiger charge is 2.26. The Labute approximate surface area is 214 Å². The smallest absolute Gasteiger partial charge is 0.257 e. The number of piperidine rings is 1. The third-order valence-corrected chi connectivity index (χ3v) is 7.49. The van der Waals surface area contributed by atoms with E-state index in [4.69, 9.17) is 4.74 Å². The highest BCUT2D eigenvalue weighted by atomic mass is 19.1. The second-order valence-corrected chi connectivity index (χ2v) is 10.3. The zero-order valence-corrected chi connectivity index (χ0v) is 21.9. The SMILES string of the molecule is CCN(C(=O)c1cc(F)ccc1Oc1cncnc1N1CCC(NCC2CCCCC2)CC1)C(C)C. The average molecular weight is 498 g/mol. The van der Waals surface area contributed by atoms with Crippen molar-refractivity contribution in [3.63, 3.8) is 0 Å². The molecule has 0 spiro atoms. The highest BCUT2D eigenvalue weighted by Crippen LogP contribution is 2.34. The summed E-state index contributed by atoms with van der Waals surface area (Å²) in [7, 11) is 0. The van der Waals surface area contributed by atoms with Gasteiger partial charge in [-0.1, -0.05) is 19.3 Å². The van der Waals surface area contributed by atoms with Crippen LogP contribution in [0.3, 0.4) is 0 Å². The number of hydrogen-bond acceptors (Lipinski definition) is 6. The summed E-state index contributed by atoms with van der Waals surface area (Å²) in [6, 6.07) is 4.57. The van der Waals surface area contributed by atoms with Gasteiger partial charge in [-0.25, -0.2) is 14.4 Å². The van der Waals surface area contributed by atoms with Gasteiger partial charge in [0.1, 0.15) is 17.9 Å². The van der Waals surface area contributed by atoms with Crippen molar-refractivity contribution >= 4 is 11.7 Å². The van der Waals surface area contributed by atoms with Gasteiger partial charge in [0.2, 0.25) is 0 Å². The first-order valence-electron chi connectivity index (χ1n) is 13.5. The van der Waals surface area contributed by atoms with Crippen LogP contribution in [0.5, 0.6) is 11.5 Å². The molecule has 4 rings (SSSR count). The molecule has 0 unspecified atom stereocenters. The number of benzene rings is 1. The second-order valence-electron chi connectivity index (χ2n) is 10.3. The van der Waals surface area contributed by atoms with E-state index < -0.39 is 5.82 Å². The zero-order valence-electron chi connectivity index (χ0n) is 21.9. The lowest BCUT2D eigenvalue weighted by Gasteiger charge is -2.35. The summed E-state index contributed by atoms with van der Waals surface area (Å²) in [4.78, 5) is 25.8. The Kier molecular flexibility index (Phi) is 9.13. The van der Waals surface area contributed by atoms with E-state index in [2.05, 4.69) is 20.2 Å². The van der Waals surface area contributed by atoms with Crippen LogP contribution < -0.4 is 15.0 Å². The molecule has 1 aliphatic heterocycles. The number of carbonyl (C=O) groups is 1. The van der Waals surface area contributed by atoms with E-state index in [1.807, 2.05) is 20.8 Å². The van der Waals surface area contributed by atoms with Gasteiger partial charge in [-0.15, -0.1) is 0 Å². The van der Waals surface area contributed by atoms with Gasteiger partial charge >= 0.3 is 0 Å². The van der Waals surface area contributed by atoms with E-state index in [0.29, 0.717) is 29.9 Å². The minimum absolute atomic E-state index is 0.0118. The van der Waals surface area contributed by atoms with Crippen LogP contribution in [0.15, 0.2) is 30.7 Å². The monoisotopic (exact) mass is 497 g/mol. The Morgan fingerprint density at radius 2 is 1.92 bits per heavy atom. The number of halogens is 1. The number of rotatable bonds is 9. The Bertz CT molecular complexity index is 1000. The summed E-state index contributed by atoms with van der Waals surface area (Å²) >= 11 is 0. The number of hydrogen-bond donors (Lipinski definition) is 1. The van der Waals surface area contributed by atoms with Crippen molar-refractivity contribution in [3.05, 3.63) is 42.1 Å². The predicted molar refractivity (Wildman–Crippen MR) is 140 cm³/mol. The van der Waals surface area contributed by atoms with Crippen molar-refractivity contribution in [2.75, 3.05) is 31.1 Å². The number of aromatic nitrogens is 2. The van der Waals surface area contributed by atoms with Crippen molar-refractivity contribution in [3.8, 4) is 11.5 Å². The molecule has 1 aromatic carbocycles. The lowest BCUT2D eigenvalue weighted by molar-refractivity contribution is 0.0713. The van der Waals surface area contributed by atoms with Crippen LogP contribution in [0.25, 0.3) is 0 Å². The lowest BCUT2D eigenvalue weighted by Crippen LogP contribution is -2.44. The zero-order chi connectivity index (χ0) is 25.5. The van der Waals surface area contributed by atoms with Gasteiger partial charge in [0.05, 0.1) is 11.8 Å². The molecule has 0 atom stereocenters. The minimum Gasteiger partial charge on any atom is -0.451 e. The summed E-state index contributed by atoms with van der Waals surface area (Å²) in [5, 5.41) is 3.80. The molecule has 1 amide bonds. The molecule has 2 aliphatic rings. The maximum atomic E-state index is 14.1. The summed E-state index contributed by atoms with van der Waals surface area (Å²) < 4.78 is 20.3. The largest absolute Gasteiger partial charge is 0.451 e. The first kappa shape index (κ1) is 26.3. The third kappa shape index (κ3) is 6.52. The van der Waals surface area contributed by atoms with Gasteiger partial charge in [0, 0.05) is 31.7 Å². The van der Waals surface area contributed by atoms with Gasteiger partial charge in [-0.2, -0.15) is 0 Å². The van der Waals surface area contributed by atoms with Crippen molar-refractivity contribution in [2.24, 2.45) is 5.92 Å². The highest BCUT2D eigenvalue weighted by molar-refractivity contribution is 5.97. The number of anilines is 1. The van der Waals surface area contributed by atoms with Crippen molar-refractivity contribution < 1.29 is 13.9 Å². The predicted octanol–water partition coefficient (Wildman–Crippen LogP) is 5.42. The number of nitrogens with zero attached hydrogens (tertiary/aromatic N) is 4.